The van der Waals surface area contributed by atoms with Gasteiger partial charge in [-0.2, -0.15) is 4.31 Å². The molecule has 2 aromatic carbocycles. The predicted molar refractivity (Wildman–Crippen MR) is 136 cm³/mol. The highest BCUT2D eigenvalue weighted by molar-refractivity contribution is 9.10. The Labute approximate surface area is 216 Å². The number of nitrogens with zero attached hydrogens (tertiary/aromatic N) is 2. The molecule has 1 aliphatic heterocycles. The average Bonchev–Trinajstić information content (AvgIpc) is 3.21. The molecule has 0 radical (unpaired) electrons. The Kier molecular flexibility index (Phi) is 7.72. The maximum Gasteiger partial charge on any atom is 0.248 e. The number of aromatic nitrogens is 1. The molecule has 3 aromatic rings. The smallest absolute Gasteiger partial charge is 0.248 e. The fraction of sp³-hybridized carbons (Fsp3) is 0.280. The minimum Gasteiger partial charge on any atom is -0.355 e. The summed E-state index contributed by atoms with van der Waals surface area (Å²) in [6.07, 6.45) is 3.30. The van der Waals surface area contributed by atoms with Crippen molar-refractivity contribution >= 4 is 49.7 Å². The van der Waals surface area contributed by atoms with Gasteiger partial charge in [-0.3, -0.25) is 4.79 Å². The summed E-state index contributed by atoms with van der Waals surface area (Å²) in [6.45, 7) is 3.75. The molecule has 1 amide bonds. The predicted octanol–water partition coefficient (Wildman–Crippen LogP) is 5.54. The summed E-state index contributed by atoms with van der Waals surface area (Å²) in [6, 6.07) is 8.70. The molecule has 0 unspecified atom stereocenters. The molecule has 2 heterocycles. The van der Waals surface area contributed by atoms with Gasteiger partial charge in [0.25, 0.3) is 0 Å². The lowest BCUT2D eigenvalue weighted by atomic mass is 9.97. The average molecular weight is 580 g/mol. The van der Waals surface area contributed by atoms with Crippen molar-refractivity contribution in [2.24, 2.45) is 5.92 Å². The minimum atomic E-state index is -3.99. The molecular weight excluding hydrogens is 556 g/mol. The highest BCUT2D eigenvalue weighted by Gasteiger charge is 2.36. The van der Waals surface area contributed by atoms with Crippen LogP contribution in [0.1, 0.15) is 35.4 Å². The Morgan fingerprint density at radius 2 is 1.86 bits per heavy atom. The lowest BCUT2D eigenvalue weighted by Crippen LogP contribution is -2.41. The van der Waals surface area contributed by atoms with Crippen molar-refractivity contribution in [3.05, 3.63) is 75.1 Å². The normalized spacial score (nSPS) is 15.5. The zero-order valence-corrected chi connectivity index (χ0v) is 22.0. The number of benzene rings is 2. The molecule has 11 heteroatoms. The zero-order chi connectivity index (χ0) is 26.0. The number of anilines is 1. The van der Waals surface area contributed by atoms with Crippen LogP contribution in [0.3, 0.4) is 0 Å². The van der Waals surface area contributed by atoms with E-state index in [1.165, 1.54) is 29.4 Å². The summed E-state index contributed by atoms with van der Waals surface area (Å²) >= 11 is 3.45. The van der Waals surface area contributed by atoms with E-state index in [0.717, 1.165) is 22.2 Å². The molecule has 7 nitrogen and oxygen atoms in total. The van der Waals surface area contributed by atoms with E-state index in [0.29, 0.717) is 18.5 Å². The van der Waals surface area contributed by atoms with Gasteiger partial charge in [0.1, 0.15) is 17.3 Å². The van der Waals surface area contributed by atoms with E-state index in [1.54, 1.807) is 0 Å². The third-order valence-electron chi connectivity index (χ3n) is 6.02. The molecule has 36 heavy (non-hydrogen) atoms. The van der Waals surface area contributed by atoms with Crippen LogP contribution >= 0.6 is 15.9 Å². The molecule has 0 saturated carbocycles. The van der Waals surface area contributed by atoms with Gasteiger partial charge in [0.15, 0.2) is 10.7 Å². The van der Waals surface area contributed by atoms with Crippen molar-refractivity contribution in [3.8, 4) is 0 Å². The van der Waals surface area contributed by atoms with E-state index < -0.39 is 21.7 Å². The van der Waals surface area contributed by atoms with Crippen LogP contribution in [0.4, 0.5) is 14.5 Å². The van der Waals surface area contributed by atoms with E-state index in [-0.39, 0.29) is 46.8 Å². The number of amides is 1. The molecule has 1 saturated heterocycles. The third kappa shape index (κ3) is 5.58. The Morgan fingerprint density at radius 1 is 1.14 bits per heavy atom. The Bertz CT molecular complexity index is 1430. The number of hydrogen-bond acceptors (Lipinski definition) is 5. The van der Waals surface area contributed by atoms with Crippen LogP contribution < -0.4 is 5.32 Å². The Morgan fingerprint density at radius 3 is 2.53 bits per heavy atom. The highest BCUT2D eigenvalue weighted by Crippen LogP contribution is 2.30. The number of sulfonamides is 1. The fourth-order valence-electron chi connectivity index (χ4n) is 4.04. The van der Waals surface area contributed by atoms with Gasteiger partial charge in [-0.05, 0) is 84.6 Å². The van der Waals surface area contributed by atoms with Crippen LogP contribution in [0.15, 0.2) is 50.3 Å². The van der Waals surface area contributed by atoms with Crippen LogP contribution in [-0.2, 0) is 14.8 Å². The number of halogens is 3. The zero-order valence-electron chi connectivity index (χ0n) is 19.6. The molecule has 1 aliphatic rings. The van der Waals surface area contributed by atoms with Crippen molar-refractivity contribution in [1.29, 1.82) is 0 Å². The largest absolute Gasteiger partial charge is 0.355 e. The maximum absolute atomic E-state index is 14.0. The summed E-state index contributed by atoms with van der Waals surface area (Å²) in [5.74, 6) is -2.06. The molecular formula is C25H24BrF2N3O4S. The summed E-state index contributed by atoms with van der Waals surface area (Å²) in [4.78, 5) is 12.7. The van der Waals surface area contributed by atoms with E-state index in [2.05, 4.69) is 26.4 Å². The fourth-order valence-corrected chi connectivity index (χ4v) is 6.36. The second-order valence-electron chi connectivity index (χ2n) is 8.61. The van der Waals surface area contributed by atoms with Crippen molar-refractivity contribution in [3.63, 3.8) is 0 Å². The number of carbonyl (C=O) groups is 1. The van der Waals surface area contributed by atoms with Gasteiger partial charge in [0.2, 0.25) is 15.9 Å². The van der Waals surface area contributed by atoms with E-state index in [1.807, 2.05) is 25.1 Å². The van der Waals surface area contributed by atoms with Gasteiger partial charge in [0.05, 0.1) is 5.69 Å². The SMILES string of the molecule is Cc1ccc(NC(=O)C2CCN(S(=O)(=O)c3c(C)noc3C=Cc3ccc(F)cc3F)CC2)c(Br)c1. The van der Waals surface area contributed by atoms with E-state index in [9.17, 15) is 22.0 Å². The quantitative estimate of drug-likeness (QED) is 0.414. The van der Waals surface area contributed by atoms with Crippen LogP contribution in [0.2, 0.25) is 0 Å². The first-order valence-electron chi connectivity index (χ1n) is 11.2. The lowest BCUT2D eigenvalue weighted by Gasteiger charge is -2.30. The lowest BCUT2D eigenvalue weighted by molar-refractivity contribution is -0.120. The number of rotatable bonds is 6. The van der Waals surface area contributed by atoms with Crippen molar-refractivity contribution in [2.45, 2.75) is 31.6 Å². The minimum absolute atomic E-state index is 0.0553. The molecule has 0 atom stereocenters. The first kappa shape index (κ1) is 26.2. The molecule has 0 spiro atoms. The number of nitrogens with one attached hydrogen (secondary N) is 1. The van der Waals surface area contributed by atoms with Crippen LogP contribution in [0.5, 0.6) is 0 Å². The van der Waals surface area contributed by atoms with Crippen molar-refractivity contribution in [1.82, 2.24) is 9.46 Å². The maximum atomic E-state index is 14.0. The summed E-state index contributed by atoms with van der Waals surface area (Å²) in [5, 5.41) is 6.68. The van der Waals surface area contributed by atoms with Crippen LogP contribution in [0.25, 0.3) is 12.2 Å². The third-order valence-corrected chi connectivity index (χ3v) is 8.73. The van der Waals surface area contributed by atoms with Gasteiger partial charge in [0, 0.05) is 35.1 Å². The second kappa shape index (κ2) is 10.6. The Balaban J connectivity index is 1.46. The molecule has 4 rings (SSSR count). The number of carbonyl (C=O) groups excluding carboxylic acids is 1. The molecule has 1 aromatic heterocycles. The van der Waals surface area contributed by atoms with Gasteiger partial charge >= 0.3 is 0 Å². The summed E-state index contributed by atoms with van der Waals surface area (Å²) < 4.78 is 61.2. The second-order valence-corrected chi connectivity index (χ2v) is 11.3. The van der Waals surface area contributed by atoms with Crippen LogP contribution in [-0.4, -0.2) is 36.9 Å². The number of aryl methyl sites for hydroxylation is 2. The van der Waals surface area contributed by atoms with Gasteiger partial charge in [-0.1, -0.05) is 11.2 Å². The Hall–Kier alpha value is -2.89. The number of hydrogen-bond donors (Lipinski definition) is 1. The highest BCUT2D eigenvalue weighted by atomic mass is 79.9. The number of piperidine rings is 1. The molecule has 0 aliphatic carbocycles. The van der Waals surface area contributed by atoms with Crippen LogP contribution in [0, 0.1) is 31.4 Å². The molecule has 1 fully saturated rings. The van der Waals surface area contributed by atoms with Gasteiger partial charge in [-0.25, -0.2) is 17.2 Å². The van der Waals surface area contributed by atoms with Crippen molar-refractivity contribution in [2.75, 3.05) is 18.4 Å². The topological polar surface area (TPSA) is 92.5 Å². The first-order chi connectivity index (χ1) is 17.1. The van der Waals surface area contributed by atoms with Gasteiger partial charge in [-0.15, -0.1) is 0 Å². The standard InChI is InChI=1S/C25H24BrF2N3O4S/c1-15-3-7-22(20(26)13-15)29-25(32)18-9-11-31(12-10-18)36(33,34)24-16(2)30-35-23(24)8-5-17-4-6-19(27)14-21(17)28/h3-8,13-14,18H,9-12H2,1-2H3,(H,29,32). The molecule has 0 bridgehead atoms. The molecule has 190 valence electrons. The summed E-state index contributed by atoms with van der Waals surface area (Å²) in [7, 11) is -3.99. The molecule has 1 N–H and O–H groups in total. The summed E-state index contributed by atoms with van der Waals surface area (Å²) in [5.41, 5.74) is 1.95. The van der Waals surface area contributed by atoms with Crippen molar-refractivity contribution < 1.29 is 26.5 Å². The van der Waals surface area contributed by atoms with Gasteiger partial charge < -0.3 is 9.84 Å². The van der Waals surface area contributed by atoms with E-state index >= 15 is 0 Å². The monoisotopic (exact) mass is 579 g/mol. The van der Waals surface area contributed by atoms with E-state index in [4.69, 9.17) is 4.52 Å². The first-order valence-corrected chi connectivity index (χ1v) is 13.5.